The van der Waals surface area contributed by atoms with E-state index in [1.807, 2.05) is 0 Å². The molecule has 1 atom stereocenters. The van der Waals surface area contributed by atoms with Crippen molar-refractivity contribution < 1.29 is 13.3 Å². The highest BCUT2D eigenvalue weighted by atomic mass is 35.5. The van der Waals surface area contributed by atoms with E-state index in [-0.39, 0.29) is 27.6 Å². The Hall–Kier alpha value is -1.92. The molecule has 0 fully saturated rings. The van der Waals surface area contributed by atoms with Crippen LogP contribution in [0.2, 0.25) is 5.02 Å². The molecule has 0 bridgehead atoms. The summed E-state index contributed by atoms with van der Waals surface area (Å²) in [4.78, 5) is 10.7. The quantitative estimate of drug-likeness (QED) is 0.605. The summed E-state index contributed by atoms with van der Waals surface area (Å²) >= 11 is 5.90. The molecule has 0 amide bonds. The van der Waals surface area contributed by atoms with E-state index in [1.54, 1.807) is 25.1 Å². The average Bonchev–Trinajstić information content (AvgIpc) is 2.48. The Bertz CT molecular complexity index is 790. The molecular weight excluding hydrogens is 326 g/mol. The third kappa shape index (κ3) is 3.13. The van der Waals surface area contributed by atoms with Crippen molar-refractivity contribution >= 4 is 27.1 Å². The van der Waals surface area contributed by atoms with Crippen LogP contribution < -0.4 is 0 Å². The van der Waals surface area contributed by atoms with Gasteiger partial charge in [0.2, 0.25) is 0 Å². The largest absolute Gasteiger partial charge is 0.274 e. The first kappa shape index (κ1) is 16.5. The van der Waals surface area contributed by atoms with Gasteiger partial charge in [-0.1, -0.05) is 36.7 Å². The number of hydrogen-bond donors (Lipinski definition) is 0. The lowest BCUT2D eigenvalue weighted by atomic mass is 10.1. The zero-order valence-corrected chi connectivity index (χ0v) is 13.3. The molecule has 7 heteroatoms. The number of nitro benzene ring substituents is 1. The molecule has 2 rings (SSSR count). The SMILES string of the molecule is CCC(c1cc(Cl)ccc1[N+](=O)[O-])S(=O)(=O)c1ccccc1. The molecule has 0 radical (unpaired) electrons. The monoisotopic (exact) mass is 339 g/mol. The van der Waals surface area contributed by atoms with Crippen molar-refractivity contribution in [1.82, 2.24) is 0 Å². The van der Waals surface area contributed by atoms with Gasteiger partial charge in [0.05, 0.1) is 15.1 Å². The first-order valence-corrected chi connectivity index (χ1v) is 8.53. The van der Waals surface area contributed by atoms with E-state index in [1.165, 1.54) is 30.3 Å². The van der Waals surface area contributed by atoms with Gasteiger partial charge in [-0.3, -0.25) is 10.1 Å². The van der Waals surface area contributed by atoms with Crippen molar-refractivity contribution in [3.8, 4) is 0 Å². The van der Waals surface area contributed by atoms with Gasteiger partial charge in [-0.15, -0.1) is 0 Å². The van der Waals surface area contributed by atoms with Gasteiger partial charge in [0, 0.05) is 16.7 Å². The Morgan fingerprint density at radius 3 is 2.36 bits per heavy atom. The summed E-state index contributed by atoms with van der Waals surface area (Å²) in [5.74, 6) is 0. The molecule has 116 valence electrons. The van der Waals surface area contributed by atoms with Crippen molar-refractivity contribution in [2.24, 2.45) is 0 Å². The Morgan fingerprint density at radius 2 is 1.82 bits per heavy atom. The minimum absolute atomic E-state index is 0.115. The summed E-state index contributed by atoms with van der Waals surface area (Å²) in [6, 6.07) is 11.9. The Balaban J connectivity index is 2.63. The van der Waals surface area contributed by atoms with Gasteiger partial charge in [-0.05, 0) is 30.7 Å². The van der Waals surface area contributed by atoms with Gasteiger partial charge in [0.25, 0.3) is 5.69 Å². The number of rotatable bonds is 5. The molecule has 0 aliphatic rings. The topological polar surface area (TPSA) is 77.3 Å². The minimum Gasteiger partial charge on any atom is -0.258 e. The fourth-order valence-electron chi connectivity index (χ4n) is 2.33. The van der Waals surface area contributed by atoms with E-state index in [0.717, 1.165) is 0 Å². The fraction of sp³-hybridized carbons (Fsp3) is 0.200. The van der Waals surface area contributed by atoms with Crippen LogP contribution >= 0.6 is 11.6 Å². The maximum Gasteiger partial charge on any atom is 0.274 e. The summed E-state index contributed by atoms with van der Waals surface area (Å²) in [6.07, 6.45) is 0.207. The Labute approximate surface area is 133 Å². The molecule has 0 aromatic heterocycles. The molecule has 0 saturated carbocycles. The maximum atomic E-state index is 12.8. The molecule has 1 unspecified atom stereocenters. The normalized spacial score (nSPS) is 12.8. The maximum absolute atomic E-state index is 12.8. The summed E-state index contributed by atoms with van der Waals surface area (Å²) in [6.45, 7) is 1.68. The van der Waals surface area contributed by atoms with Crippen molar-refractivity contribution in [2.45, 2.75) is 23.5 Å². The first-order chi connectivity index (χ1) is 10.4. The summed E-state index contributed by atoms with van der Waals surface area (Å²) in [5, 5.41) is 10.4. The van der Waals surface area contributed by atoms with Crippen molar-refractivity contribution in [2.75, 3.05) is 0 Å². The third-order valence-corrected chi connectivity index (χ3v) is 5.85. The predicted molar refractivity (Wildman–Crippen MR) is 84.8 cm³/mol. The van der Waals surface area contributed by atoms with Crippen LogP contribution in [0.3, 0.4) is 0 Å². The fourth-order valence-corrected chi connectivity index (χ4v) is 4.34. The van der Waals surface area contributed by atoms with E-state index >= 15 is 0 Å². The molecular formula is C15H14ClNO4S. The van der Waals surface area contributed by atoms with Gasteiger partial charge in [-0.2, -0.15) is 0 Å². The molecule has 0 N–H and O–H groups in total. The zero-order valence-electron chi connectivity index (χ0n) is 11.8. The van der Waals surface area contributed by atoms with Crippen LogP contribution in [0.4, 0.5) is 5.69 Å². The van der Waals surface area contributed by atoms with E-state index in [2.05, 4.69) is 0 Å². The van der Waals surface area contributed by atoms with Crippen LogP contribution in [-0.2, 0) is 9.84 Å². The number of sulfone groups is 1. The van der Waals surface area contributed by atoms with Gasteiger partial charge < -0.3 is 0 Å². The molecule has 22 heavy (non-hydrogen) atoms. The van der Waals surface area contributed by atoms with Gasteiger partial charge in [0.15, 0.2) is 9.84 Å². The number of hydrogen-bond acceptors (Lipinski definition) is 4. The highest BCUT2D eigenvalue weighted by Crippen LogP contribution is 2.37. The standard InChI is InChI=1S/C15H14ClNO4S/c1-2-15(22(20,21)12-6-4-3-5-7-12)13-10-11(16)8-9-14(13)17(18)19/h3-10,15H,2H2,1H3. The van der Waals surface area contributed by atoms with Gasteiger partial charge >= 0.3 is 0 Å². The molecule has 2 aromatic carbocycles. The Kier molecular flexibility index (Phi) is 4.83. The van der Waals surface area contributed by atoms with Crippen molar-refractivity contribution in [3.05, 3.63) is 69.2 Å². The van der Waals surface area contributed by atoms with Crippen molar-refractivity contribution in [1.29, 1.82) is 0 Å². The molecule has 0 aliphatic carbocycles. The molecule has 5 nitrogen and oxygen atoms in total. The molecule has 0 spiro atoms. The van der Waals surface area contributed by atoms with Crippen molar-refractivity contribution in [3.63, 3.8) is 0 Å². The smallest absolute Gasteiger partial charge is 0.258 e. The minimum atomic E-state index is -3.74. The second-order valence-electron chi connectivity index (χ2n) is 4.72. The van der Waals surface area contributed by atoms with Gasteiger partial charge in [-0.25, -0.2) is 8.42 Å². The molecule has 2 aromatic rings. The van der Waals surface area contributed by atoms with E-state index in [0.29, 0.717) is 0 Å². The molecule has 0 heterocycles. The van der Waals surface area contributed by atoms with E-state index in [9.17, 15) is 18.5 Å². The average molecular weight is 340 g/mol. The first-order valence-electron chi connectivity index (χ1n) is 6.60. The highest BCUT2D eigenvalue weighted by molar-refractivity contribution is 7.91. The summed E-state index contributed by atoms with van der Waals surface area (Å²) < 4.78 is 25.6. The molecule has 0 aliphatic heterocycles. The van der Waals surface area contributed by atoms with Crippen LogP contribution in [0.25, 0.3) is 0 Å². The lowest BCUT2D eigenvalue weighted by Gasteiger charge is -2.17. The second kappa shape index (κ2) is 6.46. The number of halogens is 1. The third-order valence-electron chi connectivity index (χ3n) is 3.35. The van der Waals surface area contributed by atoms with E-state index < -0.39 is 20.0 Å². The number of benzene rings is 2. The number of nitro groups is 1. The predicted octanol–water partition coefficient (Wildman–Crippen LogP) is 4.17. The lowest BCUT2D eigenvalue weighted by molar-refractivity contribution is -0.385. The van der Waals surface area contributed by atoms with Gasteiger partial charge in [0.1, 0.15) is 0 Å². The van der Waals surface area contributed by atoms with Crippen LogP contribution in [0.5, 0.6) is 0 Å². The Morgan fingerprint density at radius 1 is 1.18 bits per heavy atom. The summed E-state index contributed by atoms with van der Waals surface area (Å²) in [7, 11) is -3.74. The van der Waals surface area contributed by atoms with E-state index in [4.69, 9.17) is 11.6 Å². The summed E-state index contributed by atoms with van der Waals surface area (Å²) in [5.41, 5.74) is -0.125. The molecule has 0 saturated heterocycles. The van der Waals surface area contributed by atoms with Crippen LogP contribution in [0, 0.1) is 10.1 Å². The van der Waals surface area contributed by atoms with Crippen LogP contribution in [0.15, 0.2) is 53.4 Å². The van der Waals surface area contributed by atoms with Crippen LogP contribution in [-0.4, -0.2) is 13.3 Å². The highest BCUT2D eigenvalue weighted by Gasteiger charge is 2.32. The lowest BCUT2D eigenvalue weighted by Crippen LogP contribution is -2.14. The van der Waals surface area contributed by atoms with Crippen LogP contribution in [0.1, 0.15) is 24.2 Å². The number of nitrogens with zero attached hydrogens (tertiary/aromatic N) is 1. The second-order valence-corrected chi connectivity index (χ2v) is 7.28. The zero-order chi connectivity index (χ0) is 16.3.